The molecule has 6 aromatic carbocycles. The third-order valence-corrected chi connectivity index (χ3v) is 9.69. The van der Waals surface area contributed by atoms with E-state index in [1.54, 1.807) is 11.3 Å². The predicted molar refractivity (Wildman–Crippen MR) is 179 cm³/mol. The topological polar surface area (TPSA) is 43.9 Å². The first-order valence-corrected chi connectivity index (χ1v) is 15.2. The van der Waals surface area contributed by atoms with Crippen molar-refractivity contribution in [3.05, 3.63) is 127 Å². The molecule has 0 saturated heterocycles. The lowest BCUT2D eigenvalue weighted by Crippen LogP contribution is -2.03. The Hall–Kier alpha value is -5.52. The number of para-hydroxylation sites is 2. The molecule has 200 valence electrons. The molecule has 4 heterocycles. The molecule has 0 unspecified atom stereocenters. The Morgan fingerprint density at radius 3 is 2.02 bits per heavy atom. The molecule has 0 aliphatic rings. The van der Waals surface area contributed by atoms with Gasteiger partial charge in [0.2, 0.25) is 5.95 Å². The highest BCUT2D eigenvalue weighted by molar-refractivity contribution is 7.25. The molecule has 0 atom stereocenters. The van der Waals surface area contributed by atoms with Crippen LogP contribution in [0.4, 0.5) is 0 Å². The van der Waals surface area contributed by atoms with Crippen molar-refractivity contribution in [1.29, 1.82) is 0 Å². The smallest absolute Gasteiger partial charge is 0.236 e. The molecule has 43 heavy (non-hydrogen) atoms. The van der Waals surface area contributed by atoms with E-state index >= 15 is 0 Å². The molecule has 0 bridgehead atoms. The fourth-order valence-electron chi connectivity index (χ4n) is 6.85. The van der Waals surface area contributed by atoms with Crippen LogP contribution in [-0.4, -0.2) is 14.5 Å². The van der Waals surface area contributed by atoms with Crippen LogP contribution in [0.1, 0.15) is 0 Å². The van der Waals surface area contributed by atoms with Gasteiger partial charge in [-0.2, -0.15) is 0 Å². The van der Waals surface area contributed by atoms with E-state index in [1.807, 2.05) is 12.1 Å². The monoisotopic (exact) mass is 567 g/mol. The SMILES string of the molecule is c1ccc(-c2nc(-n3c4ccccc4c4c5ccccc5c5c6ccccc6oc5c43)nc3sc4ccccc4c23)cc1. The standard InChI is InChI=1S/C38H21N3OS/c1-2-12-22(13-3-1)34-33-27-18-8-11-21-30(27)43-37(33)40-38(39-34)41-28-19-9-6-16-25(28)31-23-14-4-5-15-24(23)32-26-17-7-10-20-29(26)42-36(32)35(31)41/h1-21H. The molecule has 0 fully saturated rings. The summed E-state index contributed by atoms with van der Waals surface area (Å²) in [5.74, 6) is 0.640. The molecule has 0 aliphatic carbocycles. The van der Waals surface area contributed by atoms with Gasteiger partial charge in [-0.3, -0.25) is 4.57 Å². The van der Waals surface area contributed by atoms with Crippen LogP contribution in [0, 0.1) is 0 Å². The van der Waals surface area contributed by atoms with Crippen molar-refractivity contribution in [2.75, 3.05) is 0 Å². The van der Waals surface area contributed by atoms with Gasteiger partial charge in [0, 0.05) is 42.6 Å². The molecule has 0 saturated carbocycles. The summed E-state index contributed by atoms with van der Waals surface area (Å²) in [6, 6.07) is 44.5. The van der Waals surface area contributed by atoms with Crippen molar-refractivity contribution in [3.63, 3.8) is 0 Å². The lowest BCUT2D eigenvalue weighted by atomic mass is 9.99. The van der Waals surface area contributed by atoms with Gasteiger partial charge in [-0.1, -0.05) is 109 Å². The summed E-state index contributed by atoms with van der Waals surface area (Å²) in [5.41, 5.74) is 5.77. The molecule has 0 N–H and O–H groups in total. The minimum Gasteiger partial charge on any atom is -0.454 e. The third kappa shape index (κ3) is 3.09. The zero-order valence-corrected chi connectivity index (χ0v) is 23.6. The van der Waals surface area contributed by atoms with Crippen molar-refractivity contribution in [2.45, 2.75) is 0 Å². The second-order valence-corrected chi connectivity index (χ2v) is 12.0. The molecule has 0 radical (unpaired) electrons. The first-order valence-electron chi connectivity index (χ1n) is 14.4. The quantitative estimate of drug-likeness (QED) is 0.209. The summed E-state index contributed by atoms with van der Waals surface area (Å²) < 4.78 is 10.2. The van der Waals surface area contributed by atoms with Crippen LogP contribution in [0.25, 0.3) is 92.0 Å². The van der Waals surface area contributed by atoms with E-state index in [-0.39, 0.29) is 0 Å². The molecular formula is C38H21N3OS. The average Bonchev–Trinajstić information content (AvgIpc) is 3.74. The summed E-state index contributed by atoms with van der Waals surface area (Å²) in [5, 5.41) is 9.18. The van der Waals surface area contributed by atoms with Crippen molar-refractivity contribution < 1.29 is 4.42 Å². The molecule has 10 rings (SSSR count). The second kappa shape index (κ2) is 8.51. The number of nitrogens with zero attached hydrogens (tertiary/aromatic N) is 3. The van der Waals surface area contributed by atoms with Gasteiger partial charge in [0.15, 0.2) is 5.58 Å². The normalized spacial score (nSPS) is 12.2. The van der Waals surface area contributed by atoms with Crippen LogP contribution in [0.15, 0.2) is 132 Å². The maximum Gasteiger partial charge on any atom is 0.236 e. The predicted octanol–water partition coefficient (Wildman–Crippen LogP) is 10.7. The molecule has 0 aliphatic heterocycles. The van der Waals surface area contributed by atoms with E-state index in [2.05, 4.69) is 120 Å². The molecule has 0 spiro atoms. The highest BCUT2D eigenvalue weighted by atomic mass is 32.1. The second-order valence-electron chi connectivity index (χ2n) is 10.9. The van der Waals surface area contributed by atoms with Crippen molar-refractivity contribution >= 4 is 86.2 Å². The van der Waals surface area contributed by atoms with E-state index in [9.17, 15) is 0 Å². The fourth-order valence-corrected chi connectivity index (χ4v) is 7.92. The van der Waals surface area contributed by atoms with Crippen LogP contribution in [0.5, 0.6) is 0 Å². The number of thiophene rings is 1. The lowest BCUT2D eigenvalue weighted by molar-refractivity contribution is 0.671. The Balaban J connectivity index is 1.45. The molecule has 10 aromatic rings. The number of rotatable bonds is 2. The van der Waals surface area contributed by atoms with Gasteiger partial charge < -0.3 is 4.42 Å². The molecule has 5 heteroatoms. The minimum absolute atomic E-state index is 0.640. The third-order valence-electron chi connectivity index (χ3n) is 8.63. The number of hydrogen-bond acceptors (Lipinski definition) is 4. The zero-order valence-electron chi connectivity index (χ0n) is 22.8. The molecule has 0 amide bonds. The van der Waals surface area contributed by atoms with Gasteiger partial charge in [0.1, 0.15) is 15.9 Å². The number of furan rings is 1. The Kier molecular flexibility index (Phi) is 4.57. The number of fused-ring (bicyclic) bond motifs is 13. The highest BCUT2D eigenvalue weighted by Crippen LogP contribution is 2.46. The van der Waals surface area contributed by atoms with Gasteiger partial charge in [-0.05, 0) is 29.0 Å². The van der Waals surface area contributed by atoms with Gasteiger partial charge in [0.05, 0.1) is 11.2 Å². The maximum atomic E-state index is 6.74. The van der Waals surface area contributed by atoms with E-state index in [1.165, 1.54) is 20.9 Å². The van der Waals surface area contributed by atoms with Crippen molar-refractivity contribution in [1.82, 2.24) is 14.5 Å². The fraction of sp³-hybridized carbons (Fsp3) is 0. The maximum absolute atomic E-state index is 6.74. The van der Waals surface area contributed by atoms with Crippen LogP contribution < -0.4 is 0 Å². The van der Waals surface area contributed by atoms with E-state index < -0.39 is 0 Å². The van der Waals surface area contributed by atoms with Crippen LogP contribution in [0.2, 0.25) is 0 Å². The van der Waals surface area contributed by atoms with Crippen LogP contribution in [-0.2, 0) is 0 Å². The summed E-state index contributed by atoms with van der Waals surface area (Å²) >= 11 is 1.71. The van der Waals surface area contributed by atoms with Crippen molar-refractivity contribution in [2.24, 2.45) is 0 Å². The zero-order chi connectivity index (χ0) is 28.1. The highest BCUT2D eigenvalue weighted by Gasteiger charge is 2.25. The van der Waals surface area contributed by atoms with E-state index in [4.69, 9.17) is 14.4 Å². The summed E-state index contributed by atoms with van der Waals surface area (Å²) in [7, 11) is 0. The summed E-state index contributed by atoms with van der Waals surface area (Å²) in [6.07, 6.45) is 0. The number of benzene rings is 6. The van der Waals surface area contributed by atoms with E-state index in [0.717, 1.165) is 65.2 Å². The molecule has 4 nitrogen and oxygen atoms in total. The Morgan fingerprint density at radius 1 is 0.535 bits per heavy atom. The average molecular weight is 568 g/mol. The number of aromatic nitrogens is 3. The first kappa shape index (κ1) is 23.1. The number of hydrogen-bond donors (Lipinski definition) is 0. The lowest BCUT2D eigenvalue weighted by Gasteiger charge is -2.11. The Labute approximate surface area is 249 Å². The molecule has 4 aromatic heterocycles. The van der Waals surface area contributed by atoms with Gasteiger partial charge >= 0.3 is 0 Å². The largest absolute Gasteiger partial charge is 0.454 e. The van der Waals surface area contributed by atoms with Gasteiger partial charge in [-0.15, -0.1) is 11.3 Å². The first-order chi connectivity index (χ1) is 21.3. The minimum atomic E-state index is 0.640. The molecular weight excluding hydrogens is 547 g/mol. The van der Waals surface area contributed by atoms with Gasteiger partial charge in [0.25, 0.3) is 0 Å². The summed E-state index contributed by atoms with van der Waals surface area (Å²) in [4.78, 5) is 11.7. The van der Waals surface area contributed by atoms with Crippen LogP contribution in [0.3, 0.4) is 0 Å². The van der Waals surface area contributed by atoms with E-state index in [0.29, 0.717) is 5.95 Å². The van der Waals surface area contributed by atoms with Crippen molar-refractivity contribution in [3.8, 4) is 17.2 Å². The van der Waals surface area contributed by atoms with Gasteiger partial charge in [-0.25, -0.2) is 9.97 Å². The summed E-state index contributed by atoms with van der Waals surface area (Å²) in [6.45, 7) is 0. The Bertz CT molecular complexity index is 2730. The van der Waals surface area contributed by atoms with Crippen LogP contribution >= 0.6 is 11.3 Å². The Morgan fingerprint density at radius 2 is 1.19 bits per heavy atom.